The Balaban J connectivity index is 1.39. The molecule has 318 valence electrons. The summed E-state index contributed by atoms with van der Waals surface area (Å²) in [6, 6.07) is 53.5. The van der Waals surface area contributed by atoms with E-state index in [1.54, 1.807) is 0 Å². The summed E-state index contributed by atoms with van der Waals surface area (Å²) in [5.74, 6) is 0.940. The molecule has 0 atom stereocenters. The van der Waals surface area contributed by atoms with Gasteiger partial charge in [0.05, 0.1) is 28.0 Å². The van der Waals surface area contributed by atoms with E-state index in [1.165, 1.54) is 5.56 Å². The standard InChI is InChI=1S/C60H57N3O/c1-37(2)45-33-50(38(3)4)58(64)53(34-45)59-62-57-49(46-30-47(32-48(31-46)60(7,8)9)54-35-44(27-28-61-54)41-25-23-39(5)24-26-41)21-16-22-55(57)63(59)56-36-51(42-17-12-10-13-18-42)40(6)29-52(56)43-19-14-11-15-20-43/h10-38,64H,1-9H3/i6D3. The number of aromatic nitrogens is 3. The van der Waals surface area contributed by atoms with Crippen molar-refractivity contribution < 1.29 is 9.22 Å². The van der Waals surface area contributed by atoms with E-state index in [0.29, 0.717) is 17.0 Å². The zero-order valence-electron chi connectivity index (χ0n) is 41.0. The molecule has 4 nitrogen and oxygen atoms in total. The van der Waals surface area contributed by atoms with Crippen LogP contribution in [0.4, 0.5) is 0 Å². The Morgan fingerprint density at radius 1 is 0.578 bits per heavy atom. The molecule has 1 N–H and O–H groups in total. The van der Waals surface area contributed by atoms with Crippen LogP contribution in [0.3, 0.4) is 0 Å². The van der Waals surface area contributed by atoms with Crippen LogP contribution in [0.5, 0.6) is 5.75 Å². The predicted molar refractivity (Wildman–Crippen MR) is 269 cm³/mol. The van der Waals surface area contributed by atoms with E-state index in [1.807, 2.05) is 79.0 Å². The van der Waals surface area contributed by atoms with Gasteiger partial charge in [-0.1, -0.05) is 163 Å². The van der Waals surface area contributed by atoms with E-state index in [9.17, 15) is 5.11 Å². The second kappa shape index (κ2) is 16.9. The lowest BCUT2D eigenvalue weighted by Gasteiger charge is -2.22. The number of phenols is 1. The fourth-order valence-corrected chi connectivity index (χ4v) is 8.74. The topological polar surface area (TPSA) is 50.9 Å². The number of hydrogen-bond donors (Lipinski definition) is 1. The lowest BCUT2D eigenvalue weighted by atomic mass is 9.83. The van der Waals surface area contributed by atoms with Gasteiger partial charge in [-0.15, -0.1) is 0 Å². The van der Waals surface area contributed by atoms with Crippen molar-refractivity contribution in [1.29, 1.82) is 0 Å². The lowest BCUT2D eigenvalue weighted by molar-refractivity contribution is 0.466. The summed E-state index contributed by atoms with van der Waals surface area (Å²) in [5, 5.41) is 12.4. The van der Waals surface area contributed by atoms with Crippen LogP contribution in [0.1, 0.15) is 92.2 Å². The highest BCUT2D eigenvalue weighted by Gasteiger charge is 2.26. The Hall–Kier alpha value is -7.04. The van der Waals surface area contributed by atoms with Gasteiger partial charge in [0.1, 0.15) is 11.6 Å². The number of pyridine rings is 1. The van der Waals surface area contributed by atoms with Gasteiger partial charge in [-0.25, -0.2) is 4.98 Å². The minimum absolute atomic E-state index is 0.0330. The van der Waals surface area contributed by atoms with E-state index in [4.69, 9.17) is 14.1 Å². The normalized spacial score (nSPS) is 12.8. The zero-order chi connectivity index (χ0) is 47.4. The van der Waals surface area contributed by atoms with Crippen molar-refractivity contribution in [2.24, 2.45) is 0 Å². The fraction of sp³-hybridized carbons (Fsp3) is 0.200. The van der Waals surface area contributed by atoms with Gasteiger partial charge in [0, 0.05) is 27.0 Å². The highest BCUT2D eigenvalue weighted by atomic mass is 16.3. The molecule has 0 aliphatic carbocycles. The van der Waals surface area contributed by atoms with Crippen LogP contribution in [0.2, 0.25) is 0 Å². The monoisotopic (exact) mass is 838 g/mol. The number of fused-ring (bicyclic) bond motifs is 1. The molecule has 0 bridgehead atoms. The van der Waals surface area contributed by atoms with Gasteiger partial charge < -0.3 is 5.11 Å². The van der Waals surface area contributed by atoms with Crippen LogP contribution in [-0.2, 0) is 5.41 Å². The number of para-hydroxylation sites is 1. The summed E-state index contributed by atoms with van der Waals surface area (Å²) >= 11 is 0. The van der Waals surface area contributed by atoms with Crippen LogP contribution in [0, 0.1) is 13.8 Å². The molecule has 0 unspecified atom stereocenters. The molecule has 4 heteroatoms. The number of imidazole rings is 1. The smallest absolute Gasteiger partial charge is 0.149 e. The Kier molecular flexibility index (Phi) is 10.2. The first-order valence-corrected chi connectivity index (χ1v) is 22.3. The van der Waals surface area contributed by atoms with Crippen molar-refractivity contribution in [3.8, 4) is 78.6 Å². The summed E-state index contributed by atoms with van der Waals surface area (Å²) in [7, 11) is 0. The number of hydrogen-bond acceptors (Lipinski definition) is 3. The number of benzene rings is 7. The minimum Gasteiger partial charge on any atom is -0.507 e. The van der Waals surface area contributed by atoms with Crippen LogP contribution in [-0.4, -0.2) is 19.6 Å². The first-order chi connectivity index (χ1) is 32.0. The number of phenolic OH excluding ortho intramolecular Hbond substituents is 1. The van der Waals surface area contributed by atoms with E-state index in [2.05, 4.69) is 145 Å². The molecular formula is C60H57N3O. The van der Waals surface area contributed by atoms with Gasteiger partial charge in [-0.3, -0.25) is 9.55 Å². The predicted octanol–water partition coefficient (Wildman–Crippen LogP) is 16.3. The molecule has 2 heterocycles. The van der Waals surface area contributed by atoms with Crippen molar-refractivity contribution in [1.82, 2.24) is 14.5 Å². The number of nitrogens with zero attached hydrogens (tertiary/aromatic N) is 3. The molecule has 0 saturated heterocycles. The molecule has 2 aromatic heterocycles. The lowest BCUT2D eigenvalue weighted by Crippen LogP contribution is -2.11. The van der Waals surface area contributed by atoms with Gasteiger partial charge in [0.15, 0.2) is 0 Å². The Morgan fingerprint density at radius 2 is 1.27 bits per heavy atom. The van der Waals surface area contributed by atoms with Crippen LogP contribution in [0.25, 0.3) is 83.9 Å². The minimum atomic E-state index is -2.42. The van der Waals surface area contributed by atoms with Crippen molar-refractivity contribution in [3.05, 3.63) is 192 Å². The molecule has 9 aromatic rings. The third-order valence-corrected chi connectivity index (χ3v) is 12.5. The Labute approximate surface area is 383 Å². The molecule has 0 aliphatic heterocycles. The van der Waals surface area contributed by atoms with Crippen molar-refractivity contribution in [3.63, 3.8) is 0 Å². The van der Waals surface area contributed by atoms with Crippen molar-refractivity contribution in [2.45, 2.75) is 79.5 Å². The van der Waals surface area contributed by atoms with Gasteiger partial charge in [0.2, 0.25) is 0 Å². The zero-order valence-corrected chi connectivity index (χ0v) is 38.0. The van der Waals surface area contributed by atoms with E-state index in [0.717, 1.165) is 83.6 Å². The number of aromatic hydroxyl groups is 1. The second-order valence-corrected chi connectivity index (χ2v) is 18.8. The second-order valence-electron chi connectivity index (χ2n) is 18.8. The third kappa shape index (κ3) is 8.05. The first kappa shape index (κ1) is 38.6. The van der Waals surface area contributed by atoms with Crippen LogP contribution >= 0.6 is 0 Å². The summed E-state index contributed by atoms with van der Waals surface area (Å²) in [5.41, 5.74) is 16.3. The first-order valence-electron chi connectivity index (χ1n) is 23.8. The maximum atomic E-state index is 12.4. The summed E-state index contributed by atoms with van der Waals surface area (Å²) in [6.07, 6.45) is 1.89. The molecule has 0 radical (unpaired) electrons. The highest BCUT2D eigenvalue weighted by Crippen LogP contribution is 2.45. The summed E-state index contributed by atoms with van der Waals surface area (Å²) < 4.78 is 28.6. The van der Waals surface area contributed by atoms with Crippen LogP contribution in [0.15, 0.2) is 164 Å². The average Bonchev–Trinajstić information content (AvgIpc) is 3.70. The Bertz CT molecular complexity index is 3270. The summed E-state index contributed by atoms with van der Waals surface area (Å²) in [4.78, 5) is 10.6. The molecular weight excluding hydrogens is 779 g/mol. The van der Waals surface area contributed by atoms with Gasteiger partial charge in [0.25, 0.3) is 0 Å². The number of rotatable bonds is 9. The highest BCUT2D eigenvalue weighted by molar-refractivity contribution is 5.98. The van der Waals surface area contributed by atoms with E-state index >= 15 is 0 Å². The fourth-order valence-electron chi connectivity index (χ4n) is 8.74. The van der Waals surface area contributed by atoms with E-state index in [-0.39, 0.29) is 28.6 Å². The summed E-state index contributed by atoms with van der Waals surface area (Å²) in [6.45, 7) is 14.9. The van der Waals surface area contributed by atoms with E-state index < -0.39 is 6.85 Å². The molecule has 0 amide bonds. The molecule has 9 rings (SSSR count). The maximum absolute atomic E-state index is 12.4. The maximum Gasteiger partial charge on any atom is 0.149 e. The SMILES string of the molecule is [2H]C([2H])([2H])c1cc(-c2ccccc2)c(-n2c(-c3cc(C(C)C)cc(C(C)C)c3O)nc3c(-c4cc(-c5cc(-c6ccc(C)cc6)ccn5)cc(C(C)(C)C)c4)cccc32)cc1-c1ccccc1. The van der Waals surface area contributed by atoms with Gasteiger partial charge >= 0.3 is 0 Å². The molecule has 7 aromatic carbocycles. The quantitative estimate of drug-likeness (QED) is 0.158. The number of aryl methyl sites for hydroxylation is 2. The van der Waals surface area contributed by atoms with Crippen molar-refractivity contribution >= 4 is 11.0 Å². The van der Waals surface area contributed by atoms with Crippen LogP contribution < -0.4 is 0 Å². The molecule has 0 aliphatic rings. The van der Waals surface area contributed by atoms with Gasteiger partial charge in [-0.05, 0) is 135 Å². The molecule has 0 spiro atoms. The Morgan fingerprint density at radius 3 is 1.92 bits per heavy atom. The van der Waals surface area contributed by atoms with Crippen molar-refractivity contribution in [2.75, 3.05) is 0 Å². The molecule has 64 heavy (non-hydrogen) atoms. The largest absolute Gasteiger partial charge is 0.507 e. The van der Waals surface area contributed by atoms with Gasteiger partial charge in [-0.2, -0.15) is 0 Å². The molecule has 0 saturated carbocycles. The third-order valence-electron chi connectivity index (χ3n) is 12.5. The molecule has 0 fully saturated rings. The average molecular weight is 839 g/mol.